The molecular weight excluding hydrogens is 246 g/mol. The van der Waals surface area contributed by atoms with Crippen molar-refractivity contribution in [3.8, 4) is 5.88 Å². The van der Waals surface area contributed by atoms with E-state index >= 15 is 0 Å². The van der Waals surface area contributed by atoms with Crippen LogP contribution in [-0.4, -0.2) is 27.8 Å². The number of pyridine rings is 1. The maximum atomic E-state index is 12.1. The number of carbonyl (C=O) groups is 1. The lowest BCUT2D eigenvalue weighted by molar-refractivity contribution is -0.117. The number of aryl methyl sites for hydroxylation is 1. The summed E-state index contributed by atoms with van der Waals surface area (Å²) in [6.07, 6.45) is 3.45. The Hall–Kier alpha value is -2.57. The highest BCUT2D eigenvalue weighted by Crippen LogP contribution is 2.32. The fourth-order valence-corrected chi connectivity index (χ4v) is 2.00. The molecule has 0 spiro atoms. The Kier molecular flexibility index (Phi) is 2.59. The first-order valence-electron chi connectivity index (χ1n) is 5.78. The van der Waals surface area contributed by atoms with Crippen LogP contribution in [0.25, 0.3) is 0 Å². The van der Waals surface area contributed by atoms with Crippen LogP contribution in [0, 0.1) is 0 Å². The molecular formula is C12H13N5O2. The first-order valence-corrected chi connectivity index (χ1v) is 5.78. The van der Waals surface area contributed by atoms with Gasteiger partial charge in [-0.3, -0.25) is 9.48 Å². The van der Waals surface area contributed by atoms with E-state index in [0.29, 0.717) is 17.4 Å². The van der Waals surface area contributed by atoms with Gasteiger partial charge in [0.1, 0.15) is 6.04 Å². The fraction of sp³-hybridized carbons (Fsp3) is 0.250. The van der Waals surface area contributed by atoms with Crippen molar-refractivity contribution in [2.75, 3.05) is 17.7 Å². The minimum Gasteiger partial charge on any atom is -0.481 e. The number of aromatic nitrogens is 3. The van der Waals surface area contributed by atoms with E-state index in [1.54, 1.807) is 43.4 Å². The quantitative estimate of drug-likeness (QED) is 0.838. The van der Waals surface area contributed by atoms with Crippen molar-refractivity contribution in [3.05, 3.63) is 30.1 Å². The average Bonchev–Trinajstić information content (AvgIpc) is 2.84. The number of carbonyl (C=O) groups excluding carboxylic acids is 1. The zero-order valence-corrected chi connectivity index (χ0v) is 10.5. The number of anilines is 2. The van der Waals surface area contributed by atoms with Gasteiger partial charge < -0.3 is 15.4 Å². The molecule has 2 aromatic rings. The number of hydrogen-bond donors (Lipinski definition) is 2. The summed E-state index contributed by atoms with van der Waals surface area (Å²) in [5.74, 6) is 0.951. The van der Waals surface area contributed by atoms with E-state index in [4.69, 9.17) is 4.74 Å². The lowest BCUT2D eigenvalue weighted by atomic mass is 10.1. The topological polar surface area (TPSA) is 81.1 Å². The molecule has 1 aliphatic heterocycles. The first kappa shape index (κ1) is 11.5. The van der Waals surface area contributed by atoms with Crippen molar-refractivity contribution in [2.24, 2.45) is 7.05 Å². The number of nitrogens with one attached hydrogen (secondary N) is 2. The molecule has 1 unspecified atom stereocenters. The third-order valence-corrected chi connectivity index (χ3v) is 2.94. The second-order valence-corrected chi connectivity index (χ2v) is 4.26. The number of hydrogen-bond acceptors (Lipinski definition) is 5. The van der Waals surface area contributed by atoms with E-state index in [0.717, 1.165) is 5.56 Å². The second-order valence-electron chi connectivity index (χ2n) is 4.26. The molecule has 3 heterocycles. The lowest BCUT2D eigenvalue weighted by Gasteiger charge is -2.25. The Morgan fingerprint density at radius 2 is 2.26 bits per heavy atom. The fourth-order valence-electron chi connectivity index (χ4n) is 2.00. The molecule has 2 N–H and O–H groups in total. The highest BCUT2D eigenvalue weighted by Gasteiger charge is 2.28. The molecule has 7 heteroatoms. The van der Waals surface area contributed by atoms with Crippen LogP contribution in [0.15, 0.2) is 24.5 Å². The summed E-state index contributed by atoms with van der Waals surface area (Å²) in [5, 5.41) is 9.97. The standard InChI is InChI=1S/C12H13N5O2/c1-17-6-7(5-13-17)10-12(18)14-8-3-4-9(19-2)15-11(8)16-10/h3-6,10H,1-2H3,(H,14,18)(H,15,16). The van der Waals surface area contributed by atoms with Crippen LogP contribution in [0.4, 0.5) is 11.5 Å². The predicted molar refractivity (Wildman–Crippen MR) is 69.0 cm³/mol. The van der Waals surface area contributed by atoms with E-state index in [2.05, 4.69) is 20.7 Å². The molecule has 0 fully saturated rings. The average molecular weight is 259 g/mol. The van der Waals surface area contributed by atoms with Crippen LogP contribution in [0.5, 0.6) is 5.88 Å². The Bertz CT molecular complexity index is 637. The number of fused-ring (bicyclic) bond motifs is 1. The maximum Gasteiger partial charge on any atom is 0.251 e. The van der Waals surface area contributed by atoms with Gasteiger partial charge >= 0.3 is 0 Å². The van der Waals surface area contributed by atoms with E-state index in [1.807, 2.05) is 0 Å². The highest BCUT2D eigenvalue weighted by atomic mass is 16.5. The van der Waals surface area contributed by atoms with Gasteiger partial charge in [0.15, 0.2) is 5.82 Å². The third-order valence-electron chi connectivity index (χ3n) is 2.94. The van der Waals surface area contributed by atoms with Gasteiger partial charge in [0.2, 0.25) is 5.88 Å². The van der Waals surface area contributed by atoms with Gasteiger partial charge in [0.05, 0.1) is 19.0 Å². The Balaban J connectivity index is 1.96. The molecule has 0 radical (unpaired) electrons. The predicted octanol–water partition coefficient (Wildman–Crippen LogP) is 0.929. The zero-order chi connectivity index (χ0) is 13.4. The van der Waals surface area contributed by atoms with Crippen molar-refractivity contribution < 1.29 is 9.53 Å². The van der Waals surface area contributed by atoms with Crippen molar-refractivity contribution in [1.82, 2.24) is 14.8 Å². The number of nitrogens with zero attached hydrogens (tertiary/aromatic N) is 3. The molecule has 2 aromatic heterocycles. The molecule has 0 saturated heterocycles. The molecule has 1 atom stereocenters. The van der Waals surface area contributed by atoms with Gasteiger partial charge in [-0.1, -0.05) is 0 Å². The smallest absolute Gasteiger partial charge is 0.251 e. The summed E-state index contributed by atoms with van der Waals surface area (Å²) in [6, 6.07) is 2.96. The van der Waals surface area contributed by atoms with Crippen LogP contribution in [0.1, 0.15) is 11.6 Å². The number of methoxy groups -OCH3 is 1. The van der Waals surface area contributed by atoms with Crippen LogP contribution < -0.4 is 15.4 Å². The van der Waals surface area contributed by atoms with Crippen LogP contribution in [-0.2, 0) is 11.8 Å². The molecule has 7 nitrogen and oxygen atoms in total. The van der Waals surface area contributed by atoms with E-state index in [-0.39, 0.29) is 5.91 Å². The molecule has 0 bridgehead atoms. The third kappa shape index (κ3) is 1.99. The minimum absolute atomic E-state index is 0.132. The summed E-state index contributed by atoms with van der Waals surface area (Å²) in [7, 11) is 3.36. The number of ether oxygens (including phenoxy) is 1. The molecule has 3 rings (SSSR count). The van der Waals surface area contributed by atoms with Crippen LogP contribution in [0.2, 0.25) is 0 Å². The molecule has 0 saturated carbocycles. The van der Waals surface area contributed by atoms with Crippen molar-refractivity contribution >= 4 is 17.4 Å². The molecule has 19 heavy (non-hydrogen) atoms. The lowest BCUT2D eigenvalue weighted by Crippen LogP contribution is -2.32. The van der Waals surface area contributed by atoms with Crippen molar-refractivity contribution in [3.63, 3.8) is 0 Å². The molecule has 0 aliphatic carbocycles. The second kappa shape index (κ2) is 4.27. The Morgan fingerprint density at radius 1 is 1.42 bits per heavy atom. The molecule has 1 aliphatic rings. The van der Waals surface area contributed by atoms with E-state index in [9.17, 15) is 4.79 Å². The SMILES string of the molecule is COc1ccc2c(n1)NC(c1cnn(C)c1)C(=O)N2. The van der Waals surface area contributed by atoms with Crippen LogP contribution in [0.3, 0.4) is 0 Å². The van der Waals surface area contributed by atoms with Gasteiger partial charge in [0, 0.05) is 24.9 Å². The summed E-state index contributed by atoms with van der Waals surface area (Å²) in [5.41, 5.74) is 1.43. The van der Waals surface area contributed by atoms with Gasteiger partial charge in [0.25, 0.3) is 5.91 Å². The van der Waals surface area contributed by atoms with Gasteiger partial charge in [-0.15, -0.1) is 0 Å². The summed E-state index contributed by atoms with van der Waals surface area (Å²) in [6.45, 7) is 0. The molecule has 0 aromatic carbocycles. The maximum absolute atomic E-state index is 12.1. The van der Waals surface area contributed by atoms with E-state index < -0.39 is 6.04 Å². The summed E-state index contributed by atoms with van der Waals surface area (Å²) < 4.78 is 6.72. The normalized spacial score (nSPS) is 17.4. The van der Waals surface area contributed by atoms with Crippen molar-refractivity contribution in [1.29, 1.82) is 0 Å². The first-order chi connectivity index (χ1) is 9.17. The Morgan fingerprint density at radius 3 is 2.95 bits per heavy atom. The van der Waals surface area contributed by atoms with Gasteiger partial charge in [-0.25, -0.2) is 0 Å². The monoisotopic (exact) mass is 259 g/mol. The number of amides is 1. The highest BCUT2D eigenvalue weighted by molar-refractivity contribution is 6.02. The summed E-state index contributed by atoms with van der Waals surface area (Å²) in [4.78, 5) is 16.3. The van der Waals surface area contributed by atoms with Gasteiger partial charge in [-0.05, 0) is 6.07 Å². The number of rotatable bonds is 2. The molecule has 98 valence electrons. The van der Waals surface area contributed by atoms with Gasteiger partial charge in [-0.2, -0.15) is 10.1 Å². The zero-order valence-electron chi connectivity index (χ0n) is 10.5. The molecule has 1 amide bonds. The minimum atomic E-state index is -0.499. The van der Waals surface area contributed by atoms with E-state index in [1.165, 1.54) is 0 Å². The largest absolute Gasteiger partial charge is 0.481 e. The van der Waals surface area contributed by atoms with Crippen LogP contribution >= 0.6 is 0 Å². The Labute approximate surface area is 109 Å². The van der Waals surface area contributed by atoms with Crippen molar-refractivity contribution in [2.45, 2.75) is 6.04 Å². The summed E-state index contributed by atoms with van der Waals surface area (Å²) >= 11 is 0.